The molecule has 0 aromatic carbocycles. The second-order valence-electron chi connectivity index (χ2n) is 11.9. The van der Waals surface area contributed by atoms with Crippen LogP contribution < -0.4 is 0 Å². The molecular weight excluding hydrogens is 400 g/mol. The van der Waals surface area contributed by atoms with Crippen LogP contribution in [-0.4, -0.2) is 12.7 Å². The van der Waals surface area contributed by atoms with Crippen LogP contribution in [0.3, 0.4) is 0 Å². The molecule has 0 aromatic rings. The second-order valence-corrected chi connectivity index (χ2v) is 11.9. The van der Waals surface area contributed by atoms with Crippen LogP contribution in [-0.2, 0) is 4.74 Å². The van der Waals surface area contributed by atoms with Gasteiger partial charge in [0, 0.05) is 6.61 Å². The Labute approximate surface area is 209 Å². The fourth-order valence-corrected chi connectivity index (χ4v) is 6.73. The van der Waals surface area contributed by atoms with Crippen molar-refractivity contribution in [1.29, 1.82) is 0 Å². The third-order valence-electron chi connectivity index (χ3n) is 9.09. The molecule has 0 saturated heterocycles. The average molecular weight is 463 g/mol. The van der Waals surface area contributed by atoms with Crippen molar-refractivity contribution in [3.05, 3.63) is 0 Å². The van der Waals surface area contributed by atoms with Crippen LogP contribution in [0.15, 0.2) is 0 Å². The van der Waals surface area contributed by atoms with E-state index >= 15 is 0 Å². The molecule has 1 heteroatoms. The number of unbranched alkanes of at least 4 members (excludes halogenated alkanes) is 14. The Bertz CT molecular complexity index is 403. The Morgan fingerprint density at radius 1 is 0.455 bits per heavy atom. The molecular formula is C32H62O. The quantitative estimate of drug-likeness (QED) is 0.163. The maximum atomic E-state index is 6.27. The highest BCUT2D eigenvalue weighted by molar-refractivity contribution is 4.82. The molecule has 0 aliphatic heterocycles. The van der Waals surface area contributed by atoms with Gasteiger partial charge in [-0.25, -0.2) is 0 Å². The van der Waals surface area contributed by atoms with Crippen LogP contribution in [0.2, 0.25) is 0 Å². The van der Waals surface area contributed by atoms with Gasteiger partial charge in [-0.3, -0.25) is 0 Å². The molecule has 0 N–H and O–H groups in total. The summed E-state index contributed by atoms with van der Waals surface area (Å²) in [6.07, 6.45) is 36.8. The SMILES string of the molecule is CCCCCCCCCCOC1CCC(C2CCC(CCCCCCCCCC)CC2)CC1. The van der Waals surface area contributed by atoms with Gasteiger partial charge in [-0.2, -0.15) is 0 Å². The first-order valence-corrected chi connectivity index (χ1v) is 15.9. The van der Waals surface area contributed by atoms with E-state index in [9.17, 15) is 0 Å². The van der Waals surface area contributed by atoms with Gasteiger partial charge in [-0.1, -0.05) is 129 Å². The number of hydrogen-bond donors (Lipinski definition) is 0. The van der Waals surface area contributed by atoms with E-state index < -0.39 is 0 Å². The molecule has 2 aliphatic rings. The number of rotatable bonds is 20. The van der Waals surface area contributed by atoms with Crippen LogP contribution >= 0.6 is 0 Å². The summed E-state index contributed by atoms with van der Waals surface area (Å²) in [4.78, 5) is 0. The van der Waals surface area contributed by atoms with E-state index in [1.165, 1.54) is 161 Å². The predicted molar refractivity (Wildman–Crippen MR) is 147 cm³/mol. The summed E-state index contributed by atoms with van der Waals surface area (Å²) >= 11 is 0. The van der Waals surface area contributed by atoms with E-state index in [0.717, 1.165) is 24.4 Å². The van der Waals surface area contributed by atoms with Crippen molar-refractivity contribution in [3.8, 4) is 0 Å². The molecule has 0 spiro atoms. The number of ether oxygens (including phenoxy) is 1. The zero-order valence-corrected chi connectivity index (χ0v) is 23.1. The van der Waals surface area contributed by atoms with E-state index in [1.54, 1.807) is 0 Å². The Balaban J connectivity index is 1.40. The summed E-state index contributed by atoms with van der Waals surface area (Å²) in [6.45, 7) is 5.64. The van der Waals surface area contributed by atoms with Crippen LogP contribution in [0.1, 0.15) is 174 Å². The van der Waals surface area contributed by atoms with Crippen LogP contribution in [0, 0.1) is 17.8 Å². The Hall–Kier alpha value is -0.0400. The van der Waals surface area contributed by atoms with E-state index in [4.69, 9.17) is 4.74 Å². The van der Waals surface area contributed by atoms with E-state index in [-0.39, 0.29) is 0 Å². The van der Waals surface area contributed by atoms with E-state index in [2.05, 4.69) is 13.8 Å². The molecule has 2 rings (SSSR count). The van der Waals surface area contributed by atoms with Crippen molar-refractivity contribution >= 4 is 0 Å². The largest absolute Gasteiger partial charge is 0.378 e. The lowest BCUT2D eigenvalue weighted by molar-refractivity contribution is 0.00526. The van der Waals surface area contributed by atoms with Gasteiger partial charge in [0.15, 0.2) is 0 Å². The predicted octanol–water partition coefficient (Wildman–Crippen LogP) is 11.0. The van der Waals surface area contributed by atoms with Crippen molar-refractivity contribution in [1.82, 2.24) is 0 Å². The van der Waals surface area contributed by atoms with Gasteiger partial charge in [0.1, 0.15) is 0 Å². The highest BCUT2D eigenvalue weighted by atomic mass is 16.5. The monoisotopic (exact) mass is 462 g/mol. The third kappa shape index (κ3) is 14.2. The van der Waals surface area contributed by atoms with E-state index in [0.29, 0.717) is 6.10 Å². The first kappa shape index (κ1) is 29.2. The molecule has 0 aromatic heterocycles. The molecule has 33 heavy (non-hydrogen) atoms. The van der Waals surface area contributed by atoms with Crippen LogP contribution in [0.4, 0.5) is 0 Å². The average Bonchev–Trinajstić information content (AvgIpc) is 2.85. The van der Waals surface area contributed by atoms with Crippen molar-refractivity contribution in [2.45, 2.75) is 180 Å². The summed E-state index contributed by atoms with van der Waals surface area (Å²) in [6, 6.07) is 0. The second kappa shape index (κ2) is 20.2. The molecule has 2 fully saturated rings. The van der Waals surface area contributed by atoms with Gasteiger partial charge in [0.05, 0.1) is 6.10 Å². The minimum atomic E-state index is 0.587. The zero-order valence-electron chi connectivity index (χ0n) is 23.1. The Kier molecular flexibility index (Phi) is 17.9. The molecule has 0 bridgehead atoms. The van der Waals surface area contributed by atoms with Gasteiger partial charge in [-0.05, 0) is 62.7 Å². The molecule has 0 atom stereocenters. The molecule has 1 nitrogen and oxygen atoms in total. The van der Waals surface area contributed by atoms with Crippen LogP contribution in [0.5, 0.6) is 0 Å². The normalized spacial score (nSPS) is 26.0. The van der Waals surface area contributed by atoms with Crippen molar-refractivity contribution in [2.24, 2.45) is 17.8 Å². The lowest BCUT2D eigenvalue weighted by Gasteiger charge is -2.38. The summed E-state index contributed by atoms with van der Waals surface area (Å²) in [5.41, 5.74) is 0. The summed E-state index contributed by atoms with van der Waals surface area (Å²) < 4.78 is 6.27. The highest BCUT2D eigenvalue weighted by Crippen LogP contribution is 2.41. The molecule has 2 saturated carbocycles. The minimum absolute atomic E-state index is 0.587. The van der Waals surface area contributed by atoms with Gasteiger partial charge in [0.25, 0.3) is 0 Å². The maximum absolute atomic E-state index is 6.27. The van der Waals surface area contributed by atoms with Crippen molar-refractivity contribution in [3.63, 3.8) is 0 Å². The Morgan fingerprint density at radius 2 is 0.879 bits per heavy atom. The third-order valence-corrected chi connectivity index (χ3v) is 9.09. The van der Waals surface area contributed by atoms with Crippen molar-refractivity contribution < 1.29 is 4.74 Å². The summed E-state index contributed by atoms with van der Waals surface area (Å²) in [5, 5.41) is 0. The van der Waals surface area contributed by atoms with Gasteiger partial charge < -0.3 is 4.74 Å². The van der Waals surface area contributed by atoms with Gasteiger partial charge in [-0.15, -0.1) is 0 Å². The topological polar surface area (TPSA) is 9.23 Å². The molecule has 2 aliphatic carbocycles. The van der Waals surface area contributed by atoms with Crippen molar-refractivity contribution in [2.75, 3.05) is 6.61 Å². The zero-order chi connectivity index (χ0) is 23.4. The van der Waals surface area contributed by atoms with E-state index in [1.807, 2.05) is 0 Å². The maximum Gasteiger partial charge on any atom is 0.0575 e. The lowest BCUT2D eigenvalue weighted by Crippen LogP contribution is -2.28. The highest BCUT2D eigenvalue weighted by Gasteiger charge is 2.30. The first-order valence-electron chi connectivity index (χ1n) is 15.9. The molecule has 0 heterocycles. The minimum Gasteiger partial charge on any atom is -0.378 e. The number of hydrogen-bond acceptors (Lipinski definition) is 1. The van der Waals surface area contributed by atoms with Gasteiger partial charge in [0.2, 0.25) is 0 Å². The lowest BCUT2D eigenvalue weighted by atomic mass is 9.70. The van der Waals surface area contributed by atoms with Gasteiger partial charge >= 0.3 is 0 Å². The first-order chi connectivity index (χ1) is 16.3. The molecule has 0 unspecified atom stereocenters. The van der Waals surface area contributed by atoms with Crippen LogP contribution in [0.25, 0.3) is 0 Å². The standard InChI is InChI=1S/C32H62O/c1-3-5-7-9-11-13-15-17-19-29-20-22-30(23-21-29)31-24-26-32(27-25-31)33-28-18-16-14-12-10-8-6-4-2/h29-32H,3-28H2,1-2H3. The molecule has 0 amide bonds. The summed E-state index contributed by atoms with van der Waals surface area (Å²) in [7, 11) is 0. The fraction of sp³-hybridized carbons (Fsp3) is 1.00. The smallest absolute Gasteiger partial charge is 0.0575 e. The molecule has 0 radical (unpaired) electrons. The Morgan fingerprint density at radius 3 is 1.39 bits per heavy atom. The molecule has 196 valence electrons. The summed E-state index contributed by atoms with van der Waals surface area (Å²) in [5.74, 6) is 3.14. The fourth-order valence-electron chi connectivity index (χ4n) is 6.73.